The van der Waals surface area contributed by atoms with Gasteiger partial charge in [0.2, 0.25) is 5.88 Å². The maximum Gasteiger partial charge on any atom is 0.222 e. The van der Waals surface area contributed by atoms with Gasteiger partial charge in [-0.2, -0.15) is 10.1 Å². The normalized spacial score (nSPS) is 18.4. The van der Waals surface area contributed by atoms with Gasteiger partial charge in [0, 0.05) is 12.1 Å². The van der Waals surface area contributed by atoms with E-state index in [1.54, 1.807) is 7.11 Å². The second-order valence-electron chi connectivity index (χ2n) is 6.40. The van der Waals surface area contributed by atoms with E-state index in [1.165, 1.54) is 0 Å². The monoisotopic (exact) mass is 364 g/mol. The minimum Gasteiger partial charge on any atom is -0.493 e. The van der Waals surface area contributed by atoms with Gasteiger partial charge in [-0.05, 0) is 36.8 Å². The third-order valence-corrected chi connectivity index (χ3v) is 4.61. The van der Waals surface area contributed by atoms with E-state index in [1.807, 2.05) is 48.7 Å². The predicted molar refractivity (Wildman–Crippen MR) is 102 cm³/mol. The first kappa shape index (κ1) is 17.1. The number of nitrogens with zero attached hydrogens (tertiary/aromatic N) is 3. The van der Waals surface area contributed by atoms with E-state index in [9.17, 15) is 5.11 Å². The van der Waals surface area contributed by atoms with Gasteiger partial charge < -0.3 is 20.0 Å². The van der Waals surface area contributed by atoms with Crippen molar-refractivity contribution >= 4 is 17.1 Å². The molecule has 0 saturated heterocycles. The lowest BCUT2D eigenvalue weighted by Gasteiger charge is -2.14. The van der Waals surface area contributed by atoms with Crippen LogP contribution in [0.4, 0.5) is 0 Å². The molecule has 0 fully saturated rings. The molecule has 2 heterocycles. The van der Waals surface area contributed by atoms with Crippen molar-refractivity contribution in [2.24, 2.45) is 5.10 Å². The van der Waals surface area contributed by atoms with Crippen LogP contribution < -0.4 is 14.9 Å². The molecule has 0 radical (unpaired) electrons. The number of hydrogen-bond donors (Lipinski definition) is 2. The van der Waals surface area contributed by atoms with Crippen LogP contribution in [-0.4, -0.2) is 34.4 Å². The van der Waals surface area contributed by atoms with Crippen molar-refractivity contribution in [3.8, 4) is 17.4 Å². The standard InChI is InChI=1S/C20H20N4O3/c1-12-15(10-21-24-12)13-7-8-16-14(9-13)20(25)23-19(22-16)11-27-18-6-4-3-5-17(18)26-2/h3-10,12,15,24H,11H2,1-2H3,(H,22,23,25). The van der Waals surface area contributed by atoms with Crippen LogP contribution in [0.15, 0.2) is 47.6 Å². The number of ether oxygens (including phenoxy) is 2. The number of aromatic nitrogens is 2. The van der Waals surface area contributed by atoms with E-state index in [4.69, 9.17) is 9.47 Å². The quantitative estimate of drug-likeness (QED) is 0.723. The fourth-order valence-corrected chi connectivity index (χ4v) is 3.15. The van der Waals surface area contributed by atoms with Gasteiger partial charge in [-0.15, -0.1) is 0 Å². The van der Waals surface area contributed by atoms with Crippen LogP contribution >= 0.6 is 0 Å². The molecule has 1 aromatic heterocycles. The first-order valence-electron chi connectivity index (χ1n) is 8.70. The molecule has 2 atom stereocenters. The maximum atomic E-state index is 10.4. The first-order valence-corrected chi connectivity index (χ1v) is 8.70. The van der Waals surface area contributed by atoms with Gasteiger partial charge in [-0.1, -0.05) is 18.2 Å². The summed E-state index contributed by atoms with van der Waals surface area (Å²) in [6, 6.07) is 13.4. The molecule has 0 amide bonds. The lowest BCUT2D eigenvalue weighted by molar-refractivity contribution is 0.275. The second-order valence-corrected chi connectivity index (χ2v) is 6.40. The van der Waals surface area contributed by atoms with Gasteiger partial charge in [-0.25, -0.2) is 4.98 Å². The molecule has 2 unspecified atom stereocenters. The number of nitrogens with one attached hydrogen (secondary N) is 1. The topological polar surface area (TPSA) is 88.9 Å². The molecule has 0 spiro atoms. The summed E-state index contributed by atoms with van der Waals surface area (Å²) in [6.45, 7) is 2.19. The van der Waals surface area contributed by atoms with Crippen molar-refractivity contribution < 1.29 is 14.6 Å². The SMILES string of the molecule is COc1ccccc1OCc1nc(O)c2cc(C3C=NNC3C)ccc2n1. The number of aromatic hydroxyl groups is 1. The van der Waals surface area contributed by atoms with Crippen LogP contribution in [0.1, 0.15) is 24.2 Å². The molecule has 2 aromatic carbocycles. The minimum atomic E-state index is -0.0592. The third-order valence-electron chi connectivity index (χ3n) is 4.61. The zero-order valence-electron chi connectivity index (χ0n) is 15.1. The Morgan fingerprint density at radius 3 is 2.67 bits per heavy atom. The van der Waals surface area contributed by atoms with Crippen molar-refractivity contribution in [1.29, 1.82) is 0 Å². The number of rotatable bonds is 5. The molecule has 0 bridgehead atoms. The van der Waals surface area contributed by atoms with Crippen molar-refractivity contribution in [2.75, 3.05) is 7.11 Å². The number of hydrazone groups is 1. The van der Waals surface area contributed by atoms with Gasteiger partial charge in [-0.3, -0.25) is 0 Å². The van der Waals surface area contributed by atoms with Crippen molar-refractivity contribution in [3.05, 3.63) is 53.9 Å². The largest absolute Gasteiger partial charge is 0.493 e. The summed E-state index contributed by atoms with van der Waals surface area (Å²) in [4.78, 5) is 8.70. The Morgan fingerprint density at radius 1 is 1.11 bits per heavy atom. The smallest absolute Gasteiger partial charge is 0.222 e. The molecule has 138 valence electrons. The lowest BCUT2D eigenvalue weighted by Crippen LogP contribution is -2.21. The molecular formula is C20H20N4O3. The Morgan fingerprint density at radius 2 is 1.93 bits per heavy atom. The average molecular weight is 364 g/mol. The van der Waals surface area contributed by atoms with Crippen LogP contribution in [-0.2, 0) is 6.61 Å². The molecule has 1 aliphatic rings. The molecular weight excluding hydrogens is 344 g/mol. The summed E-state index contributed by atoms with van der Waals surface area (Å²) in [5.74, 6) is 1.73. The zero-order valence-corrected chi connectivity index (χ0v) is 15.1. The molecule has 3 aromatic rings. The van der Waals surface area contributed by atoms with E-state index >= 15 is 0 Å². The Hall–Kier alpha value is -3.35. The number of hydrogen-bond acceptors (Lipinski definition) is 7. The fourth-order valence-electron chi connectivity index (χ4n) is 3.15. The highest BCUT2D eigenvalue weighted by Gasteiger charge is 2.22. The maximum absolute atomic E-state index is 10.4. The van der Waals surface area contributed by atoms with Gasteiger partial charge in [0.1, 0.15) is 6.61 Å². The average Bonchev–Trinajstić information content (AvgIpc) is 3.12. The zero-order chi connectivity index (χ0) is 18.8. The summed E-state index contributed by atoms with van der Waals surface area (Å²) in [5, 5.41) is 15.1. The third kappa shape index (κ3) is 3.36. The molecule has 1 aliphatic heterocycles. The van der Waals surface area contributed by atoms with E-state index in [-0.39, 0.29) is 24.4 Å². The molecule has 2 N–H and O–H groups in total. The van der Waals surface area contributed by atoms with E-state index in [2.05, 4.69) is 27.4 Å². The van der Waals surface area contributed by atoms with E-state index in [0.717, 1.165) is 5.56 Å². The van der Waals surface area contributed by atoms with Gasteiger partial charge in [0.05, 0.1) is 24.1 Å². The number of benzene rings is 2. The van der Waals surface area contributed by atoms with Crippen LogP contribution in [0.25, 0.3) is 10.9 Å². The summed E-state index contributed by atoms with van der Waals surface area (Å²) in [6.07, 6.45) is 1.87. The first-order chi connectivity index (χ1) is 13.2. The highest BCUT2D eigenvalue weighted by molar-refractivity contribution is 5.85. The fraction of sp³-hybridized carbons (Fsp3) is 0.250. The Balaban J connectivity index is 1.59. The molecule has 0 aliphatic carbocycles. The highest BCUT2D eigenvalue weighted by Crippen LogP contribution is 2.29. The molecule has 27 heavy (non-hydrogen) atoms. The number of para-hydroxylation sites is 2. The van der Waals surface area contributed by atoms with Gasteiger partial charge in [0.25, 0.3) is 0 Å². The van der Waals surface area contributed by atoms with E-state index < -0.39 is 0 Å². The van der Waals surface area contributed by atoms with Crippen LogP contribution in [0, 0.1) is 0 Å². The highest BCUT2D eigenvalue weighted by atomic mass is 16.5. The minimum absolute atomic E-state index is 0.0592. The van der Waals surface area contributed by atoms with Crippen molar-refractivity contribution in [1.82, 2.24) is 15.4 Å². The Bertz CT molecular complexity index is 1010. The Kier molecular flexibility index (Phi) is 4.50. The molecule has 7 heteroatoms. The molecule has 7 nitrogen and oxygen atoms in total. The Labute approximate surface area is 156 Å². The van der Waals surface area contributed by atoms with Crippen LogP contribution in [0.2, 0.25) is 0 Å². The summed E-state index contributed by atoms with van der Waals surface area (Å²) in [7, 11) is 1.59. The van der Waals surface area contributed by atoms with Crippen molar-refractivity contribution in [2.45, 2.75) is 25.5 Å². The summed E-state index contributed by atoms with van der Waals surface area (Å²) >= 11 is 0. The number of fused-ring (bicyclic) bond motifs is 1. The van der Waals surface area contributed by atoms with Crippen LogP contribution in [0.5, 0.6) is 17.4 Å². The molecule has 4 rings (SSSR count). The lowest BCUT2D eigenvalue weighted by atomic mass is 9.94. The predicted octanol–water partition coefficient (Wildman–Crippen LogP) is 2.98. The summed E-state index contributed by atoms with van der Waals surface area (Å²) < 4.78 is 11.0. The summed E-state index contributed by atoms with van der Waals surface area (Å²) in [5.41, 5.74) is 4.75. The second kappa shape index (κ2) is 7.11. The van der Waals surface area contributed by atoms with Gasteiger partial charge >= 0.3 is 0 Å². The van der Waals surface area contributed by atoms with Gasteiger partial charge in [0.15, 0.2) is 17.3 Å². The number of methoxy groups -OCH3 is 1. The van der Waals surface area contributed by atoms with E-state index in [0.29, 0.717) is 28.2 Å². The van der Waals surface area contributed by atoms with Crippen molar-refractivity contribution in [3.63, 3.8) is 0 Å². The molecule has 0 saturated carbocycles. The van der Waals surface area contributed by atoms with Crippen LogP contribution in [0.3, 0.4) is 0 Å².